The normalized spacial score (nSPS) is 20.2. The van der Waals surface area contributed by atoms with Gasteiger partial charge in [0.15, 0.2) is 0 Å². The molecule has 5 heterocycles. The van der Waals surface area contributed by atoms with Crippen LogP contribution in [0.1, 0.15) is 207 Å². The maximum Gasteiger partial charge on any atom is 0.333 e. The van der Waals surface area contributed by atoms with E-state index in [0.717, 1.165) is 0 Å². The summed E-state index contributed by atoms with van der Waals surface area (Å²) in [6, 6.07) is 63.2. The van der Waals surface area contributed by atoms with Gasteiger partial charge in [0.05, 0.1) is 16.6 Å². The molecule has 3 aromatic heterocycles. The number of fused-ring (bicyclic) bond motifs is 15. The van der Waals surface area contributed by atoms with Crippen molar-refractivity contribution in [2.75, 3.05) is 0 Å². The van der Waals surface area contributed by atoms with Gasteiger partial charge in [-0.15, -0.1) is 0 Å². The first-order valence-electron chi connectivity index (χ1n) is 35.5. The van der Waals surface area contributed by atoms with Gasteiger partial charge in [-0.05, 0) is 253 Å². The molecule has 0 saturated carbocycles. The van der Waals surface area contributed by atoms with Crippen LogP contribution >= 0.6 is 0 Å². The summed E-state index contributed by atoms with van der Waals surface area (Å²) in [5.41, 5.74) is 35.7. The van der Waals surface area contributed by atoms with Crippen LogP contribution in [0.4, 0.5) is 0 Å². The third-order valence-corrected chi connectivity index (χ3v) is 26.4. The largest absolute Gasteiger partial charge is 0.375 e. The van der Waals surface area contributed by atoms with Crippen LogP contribution in [-0.4, -0.2) is 15.7 Å². The third kappa shape index (κ3) is 7.44. The van der Waals surface area contributed by atoms with Crippen molar-refractivity contribution < 1.29 is 0 Å². The number of hydrogen-bond acceptors (Lipinski definition) is 0. The Morgan fingerprint density at radius 1 is 0.280 bits per heavy atom. The average molecular weight is 1210 g/mol. The molecule has 13 aromatic rings. The Kier molecular flexibility index (Phi) is 10.8. The van der Waals surface area contributed by atoms with E-state index in [1.165, 1.54) is 233 Å². The lowest BCUT2D eigenvalue weighted by molar-refractivity contribution is 0.332. The van der Waals surface area contributed by atoms with Gasteiger partial charge < -0.3 is 8.88 Å². The first-order chi connectivity index (χ1) is 44.0. The first-order valence-corrected chi connectivity index (χ1v) is 35.5. The minimum atomic E-state index is -0.104. The van der Waals surface area contributed by atoms with Crippen molar-refractivity contribution >= 4 is 88.4 Å². The molecule has 0 fully saturated rings. The number of nitrogens with zero attached hydrogens (tertiary/aromatic N) is 2. The van der Waals surface area contributed by atoms with Gasteiger partial charge in [-0.25, -0.2) is 0 Å². The molecule has 0 unspecified atom stereocenters. The van der Waals surface area contributed by atoms with Crippen LogP contribution in [0.2, 0.25) is 0 Å². The van der Waals surface area contributed by atoms with Gasteiger partial charge >= 0.3 is 6.85 Å². The van der Waals surface area contributed by atoms with Crippen molar-refractivity contribution in [3.8, 4) is 55.6 Å². The number of aromatic nitrogens is 2. The second-order valence-corrected chi connectivity index (χ2v) is 35.8. The molecule has 0 N–H and O–H groups in total. The zero-order valence-corrected chi connectivity index (χ0v) is 58.1. The molecule has 0 saturated heterocycles. The lowest BCUT2D eigenvalue weighted by Gasteiger charge is -2.42. The van der Waals surface area contributed by atoms with E-state index < -0.39 is 0 Å². The standard InChI is InChI=1S/C90H89BN2/c1-83(2)31-35-87(9,10)70-45-51(21-26-66(70)83)50-25-30-75-60(39-50)61-40-55(52-22-27-67-71(46-52)88(11,12)36-32-84(67,3)4)43-64-76-58-19-17-18-20-59(58)77-65-44-56(53-23-28-68-72(47-53)89(13,14)37-33-85(68,5)6)41-62-63-42-57(54-24-29-69-73(48-54)90(15,16)38-34-86(69,7)8)49-74-81(63)92(79(62)65)82(77)78(76)91(74)93(75)80(61)64/h17-30,39-49H,31-38H2,1-16H3. The van der Waals surface area contributed by atoms with E-state index >= 15 is 0 Å². The number of rotatable bonds is 4. The molecule has 2 aliphatic heterocycles. The highest BCUT2D eigenvalue weighted by Gasteiger charge is 2.46. The highest BCUT2D eigenvalue weighted by atomic mass is 15.0. The van der Waals surface area contributed by atoms with Crippen LogP contribution in [0, 0.1) is 0 Å². The van der Waals surface area contributed by atoms with Gasteiger partial charge in [0.2, 0.25) is 0 Å². The van der Waals surface area contributed by atoms with Crippen LogP contribution in [0.5, 0.6) is 0 Å². The van der Waals surface area contributed by atoms with Crippen molar-refractivity contribution in [1.82, 2.24) is 8.88 Å². The molecular weight excluding hydrogens is 1120 g/mol. The lowest BCUT2D eigenvalue weighted by Crippen LogP contribution is -2.54. The van der Waals surface area contributed by atoms with E-state index in [-0.39, 0.29) is 50.2 Å². The summed E-state index contributed by atoms with van der Waals surface area (Å²) >= 11 is 0. The monoisotopic (exact) mass is 1210 g/mol. The molecule has 0 radical (unpaired) electrons. The van der Waals surface area contributed by atoms with E-state index in [0.29, 0.717) is 0 Å². The summed E-state index contributed by atoms with van der Waals surface area (Å²) in [7, 11) is 0. The van der Waals surface area contributed by atoms with Crippen LogP contribution in [-0.2, 0) is 43.3 Å². The zero-order valence-electron chi connectivity index (χ0n) is 58.1. The van der Waals surface area contributed by atoms with Crippen LogP contribution in [0.3, 0.4) is 0 Å². The molecule has 3 heteroatoms. The first kappa shape index (κ1) is 56.6. The Morgan fingerprint density at radius 3 is 1.11 bits per heavy atom. The van der Waals surface area contributed by atoms with E-state index in [2.05, 4.69) is 271 Å². The van der Waals surface area contributed by atoms with Gasteiger partial charge in [-0.2, -0.15) is 0 Å². The molecule has 0 amide bonds. The predicted octanol–water partition coefficient (Wildman–Crippen LogP) is 23.1. The number of hydrogen-bond donors (Lipinski definition) is 0. The maximum atomic E-state index is 2.86. The predicted molar refractivity (Wildman–Crippen MR) is 400 cm³/mol. The minimum absolute atomic E-state index is 0.0715. The molecule has 462 valence electrons. The van der Waals surface area contributed by atoms with Gasteiger partial charge in [-0.3, -0.25) is 0 Å². The summed E-state index contributed by atoms with van der Waals surface area (Å²) in [5.74, 6) is 0. The molecule has 19 rings (SSSR count). The third-order valence-electron chi connectivity index (χ3n) is 26.4. The second-order valence-electron chi connectivity index (χ2n) is 35.8. The highest BCUT2D eigenvalue weighted by Crippen LogP contribution is 2.56. The van der Waals surface area contributed by atoms with E-state index in [1.807, 2.05) is 0 Å². The topological polar surface area (TPSA) is 9.34 Å². The Hall–Kier alpha value is -7.88. The van der Waals surface area contributed by atoms with Crippen LogP contribution in [0.25, 0.3) is 126 Å². The summed E-state index contributed by atoms with van der Waals surface area (Å²) in [4.78, 5) is 0. The quantitative estimate of drug-likeness (QED) is 0.155. The van der Waals surface area contributed by atoms with Crippen molar-refractivity contribution in [3.63, 3.8) is 0 Å². The Labute approximate surface area is 551 Å². The van der Waals surface area contributed by atoms with E-state index in [4.69, 9.17) is 0 Å². The van der Waals surface area contributed by atoms with Crippen LogP contribution < -0.4 is 10.9 Å². The van der Waals surface area contributed by atoms with Crippen molar-refractivity contribution in [2.45, 2.75) is 205 Å². The Morgan fingerprint density at radius 2 is 0.634 bits per heavy atom. The summed E-state index contributed by atoms with van der Waals surface area (Å²) < 4.78 is 5.65. The molecule has 2 nitrogen and oxygen atoms in total. The van der Waals surface area contributed by atoms with Crippen molar-refractivity contribution in [2.24, 2.45) is 0 Å². The summed E-state index contributed by atoms with van der Waals surface area (Å²) in [6.07, 6.45) is 9.55. The fourth-order valence-corrected chi connectivity index (χ4v) is 20.2. The van der Waals surface area contributed by atoms with Gasteiger partial charge in [0, 0.05) is 48.9 Å². The van der Waals surface area contributed by atoms with Gasteiger partial charge in [0.1, 0.15) is 0 Å². The fourth-order valence-electron chi connectivity index (χ4n) is 20.2. The SMILES string of the molecule is CC1(C)CCC(C)(C)c2cc(-c3ccc4c(c3)c3cc(-c5ccc6c(c5)C(C)(C)CCC6(C)C)cc5c3n4B3c4cc(-c6ccc7c(c6)C(C)(C)CCC7(C)C)cc6c7cc(-c8ccc9c(c8)C(C)(C)CCC9(C)C)cc8c9c%10ccccc%10c-5c3c9n(c46)c78)ccc21. The minimum Gasteiger partial charge on any atom is -0.375 e. The van der Waals surface area contributed by atoms with Crippen molar-refractivity contribution in [1.29, 1.82) is 0 Å². The van der Waals surface area contributed by atoms with Gasteiger partial charge in [-0.1, -0.05) is 220 Å². The maximum absolute atomic E-state index is 2.86. The molecule has 4 aliphatic carbocycles. The molecule has 93 heavy (non-hydrogen) atoms. The van der Waals surface area contributed by atoms with Crippen LogP contribution in [0.15, 0.2) is 152 Å². The van der Waals surface area contributed by atoms with Gasteiger partial charge in [0.25, 0.3) is 0 Å². The Balaban J connectivity index is 0.951. The van der Waals surface area contributed by atoms with Crippen molar-refractivity contribution in [3.05, 3.63) is 196 Å². The molecular formula is C90H89BN2. The average Bonchev–Trinajstić information content (AvgIpc) is 1.50. The summed E-state index contributed by atoms with van der Waals surface area (Å²) in [6.45, 7) is 39.4. The highest BCUT2D eigenvalue weighted by molar-refractivity contribution is 6.91. The Bertz CT molecular complexity index is 5580. The lowest BCUT2D eigenvalue weighted by atomic mass is 9.45. The van der Waals surface area contributed by atoms with E-state index in [1.54, 1.807) is 0 Å². The summed E-state index contributed by atoms with van der Waals surface area (Å²) in [5, 5.41) is 10.8. The molecule has 0 atom stereocenters. The molecule has 0 bridgehead atoms. The molecule has 10 aromatic carbocycles. The fraction of sp³-hybridized carbons (Fsp3) is 0.356. The second kappa shape index (κ2) is 17.7. The smallest absolute Gasteiger partial charge is 0.333 e. The molecule has 6 aliphatic rings. The molecule has 0 spiro atoms. The zero-order chi connectivity index (χ0) is 64.1. The number of benzene rings is 10. The van der Waals surface area contributed by atoms with E-state index in [9.17, 15) is 0 Å².